The molecule has 27 heavy (non-hydrogen) atoms. The van der Waals surface area contributed by atoms with Gasteiger partial charge in [0.05, 0.1) is 6.54 Å². The fourth-order valence-corrected chi connectivity index (χ4v) is 3.41. The van der Waals surface area contributed by atoms with E-state index in [2.05, 4.69) is 32.8 Å². The van der Waals surface area contributed by atoms with Crippen LogP contribution in [0.1, 0.15) is 43.0 Å². The van der Waals surface area contributed by atoms with Crippen molar-refractivity contribution in [3.05, 3.63) is 29.8 Å². The summed E-state index contributed by atoms with van der Waals surface area (Å²) in [6, 6.07) is 7.54. The van der Waals surface area contributed by atoms with Crippen LogP contribution in [0, 0.1) is 0 Å². The van der Waals surface area contributed by atoms with Gasteiger partial charge in [-0.15, -0.1) is 0 Å². The highest BCUT2D eigenvalue weighted by atomic mass is 16.3. The molecule has 1 saturated carbocycles. The molecule has 148 valence electrons. The third-order valence-electron chi connectivity index (χ3n) is 5.07. The zero-order valence-electron chi connectivity index (χ0n) is 16.1. The molecule has 0 bridgehead atoms. The smallest absolute Gasteiger partial charge is 0.251 e. The Bertz CT molecular complexity index is 634. The molecule has 2 fully saturated rings. The fourth-order valence-electron chi connectivity index (χ4n) is 3.41. The van der Waals surface area contributed by atoms with Crippen molar-refractivity contribution in [2.24, 2.45) is 4.99 Å². The molecule has 7 nitrogen and oxygen atoms in total. The van der Waals surface area contributed by atoms with Crippen LogP contribution in [-0.4, -0.2) is 66.7 Å². The van der Waals surface area contributed by atoms with Crippen molar-refractivity contribution in [2.45, 2.75) is 44.7 Å². The van der Waals surface area contributed by atoms with Crippen LogP contribution < -0.4 is 16.0 Å². The summed E-state index contributed by atoms with van der Waals surface area (Å²) in [5, 5.41) is 19.0. The average molecular weight is 374 g/mol. The number of hydrogen-bond acceptors (Lipinski definition) is 4. The summed E-state index contributed by atoms with van der Waals surface area (Å²) in [7, 11) is 0. The molecule has 1 amide bonds. The second-order valence-electron chi connectivity index (χ2n) is 7.25. The van der Waals surface area contributed by atoms with Gasteiger partial charge in [0.1, 0.15) is 5.75 Å². The normalized spacial score (nSPS) is 18.9. The van der Waals surface area contributed by atoms with E-state index in [0.717, 1.165) is 31.4 Å². The van der Waals surface area contributed by atoms with Gasteiger partial charge in [-0.1, -0.05) is 0 Å². The number of aromatic hydroxyl groups is 1. The van der Waals surface area contributed by atoms with Crippen molar-refractivity contribution in [3.63, 3.8) is 0 Å². The second kappa shape index (κ2) is 9.60. The molecule has 1 saturated heterocycles. The molecule has 0 radical (unpaired) electrons. The number of nitrogens with one attached hydrogen (secondary N) is 3. The van der Waals surface area contributed by atoms with Gasteiger partial charge >= 0.3 is 0 Å². The highest BCUT2D eigenvalue weighted by molar-refractivity contribution is 5.94. The SMILES string of the molecule is CCNC(=NCCNC(=O)c1ccc(O)cc1)NC1CCN(C2CC2)CC1. The predicted octanol–water partition coefficient (Wildman–Crippen LogP) is 1.30. The largest absolute Gasteiger partial charge is 0.508 e. The Balaban J connectivity index is 1.40. The minimum atomic E-state index is -0.157. The van der Waals surface area contributed by atoms with Crippen molar-refractivity contribution < 1.29 is 9.90 Å². The van der Waals surface area contributed by atoms with Crippen LogP contribution in [-0.2, 0) is 0 Å². The van der Waals surface area contributed by atoms with Crippen LogP contribution in [0.3, 0.4) is 0 Å². The molecule has 1 aromatic rings. The number of nitrogens with zero attached hydrogens (tertiary/aromatic N) is 2. The van der Waals surface area contributed by atoms with Gasteiger partial charge in [0.25, 0.3) is 5.91 Å². The van der Waals surface area contributed by atoms with Crippen molar-refractivity contribution in [1.29, 1.82) is 0 Å². The van der Waals surface area contributed by atoms with Gasteiger partial charge in [0.2, 0.25) is 0 Å². The lowest BCUT2D eigenvalue weighted by molar-refractivity contribution is 0.0955. The van der Waals surface area contributed by atoms with Gasteiger partial charge in [-0.2, -0.15) is 0 Å². The molecule has 0 spiro atoms. The molecule has 7 heteroatoms. The quantitative estimate of drug-likeness (QED) is 0.329. The second-order valence-corrected chi connectivity index (χ2v) is 7.25. The summed E-state index contributed by atoms with van der Waals surface area (Å²) in [6.07, 6.45) is 5.05. The lowest BCUT2D eigenvalue weighted by atomic mass is 10.1. The molecular weight excluding hydrogens is 342 g/mol. The topological polar surface area (TPSA) is 89.0 Å². The molecule has 0 atom stereocenters. The molecule has 1 aromatic carbocycles. The predicted molar refractivity (Wildman–Crippen MR) is 107 cm³/mol. The van der Waals surface area contributed by atoms with Crippen molar-refractivity contribution in [1.82, 2.24) is 20.9 Å². The Morgan fingerprint density at radius 1 is 1.15 bits per heavy atom. The number of amides is 1. The van der Waals surface area contributed by atoms with Gasteiger partial charge in [-0.3, -0.25) is 9.79 Å². The summed E-state index contributed by atoms with van der Waals surface area (Å²) in [5.74, 6) is 0.817. The van der Waals surface area contributed by atoms with Gasteiger partial charge < -0.3 is 26.0 Å². The molecule has 2 aliphatic rings. The minimum absolute atomic E-state index is 0.153. The first-order valence-electron chi connectivity index (χ1n) is 10.0. The van der Waals surface area contributed by atoms with Gasteiger partial charge in [0.15, 0.2) is 5.96 Å². The Hall–Kier alpha value is -2.28. The Kier molecular flexibility index (Phi) is 6.92. The van der Waals surface area contributed by atoms with Gasteiger partial charge in [0, 0.05) is 43.8 Å². The molecule has 0 unspecified atom stereocenters. The maximum atomic E-state index is 12.1. The number of piperidine rings is 1. The summed E-state index contributed by atoms with van der Waals surface area (Å²) in [4.78, 5) is 19.2. The molecule has 1 aliphatic carbocycles. The molecule has 3 rings (SSSR count). The first-order chi connectivity index (χ1) is 13.2. The number of likely N-dealkylation sites (tertiary alicyclic amines) is 1. The number of aliphatic imine (C=N–C) groups is 1. The number of phenols is 1. The summed E-state index contributed by atoms with van der Waals surface area (Å²) in [6.45, 7) is 6.19. The van der Waals surface area contributed by atoms with Crippen LogP contribution >= 0.6 is 0 Å². The third kappa shape index (κ3) is 6.13. The number of carbonyl (C=O) groups is 1. The van der Waals surface area contributed by atoms with Crippen LogP contribution in [0.4, 0.5) is 0 Å². The maximum absolute atomic E-state index is 12.1. The molecule has 1 aliphatic heterocycles. The van der Waals surface area contributed by atoms with E-state index < -0.39 is 0 Å². The van der Waals surface area contributed by atoms with E-state index in [1.54, 1.807) is 12.1 Å². The molecule has 0 aromatic heterocycles. The Labute approximate surface area is 161 Å². The van der Waals surface area contributed by atoms with Crippen molar-refractivity contribution in [3.8, 4) is 5.75 Å². The van der Waals surface area contributed by atoms with E-state index in [4.69, 9.17) is 0 Å². The van der Waals surface area contributed by atoms with Crippen LogP contribution in [0.15, 0.2) is 29.3 Å². The lowest BCUT2D eigenvalue weighted by Gasteiger charge is -2.33. The van der Waals surface area contributed by atoms with Gasteiger partial charge in [-0.25, -0.2) is 0 Å². The van der Waals surface area contributed by atoms with Crippen LogP contribution in [0.2, 0.25) is 0 Å². The van der Waals surface area contributed by atoms with E-state index in [1.807, 2.05) is 0 Å². The van der Waals surface area contributed by atoms with E-state index in [-0.39, 0.29) is 11.7 Å². The number of carbonyl (C=O) groups excluding carboxylic acids is 1. The van der Waals surface area contributed by atoms with E-state index in [9.17, 15) is 9.90 Å². The highest BCUT2D eigenvalue weighted by Gasteiger charge is 2.31. The number of phenolic OH excluding ortho intramolecular Hbond substituents is 1. The zero-order chi connectivity index (χ0) is 19.1. The van der Waals surface area contributed by atoms with Crippen LogP contribution in [0.5, 0.6) is 5.75 Å². The van der Waals surface area contributed by atoms with Gasteiger partial charge in [-0.05, 0) is 56.9 Å². The summed E-state index contributed by atoms with van der Waals surface area (Å²) < 4.78 is 0. The Morgan fingerprint density at radius 2 is 1.85 bits per heavy atom. The maximum Gasteiger partial charge on any atom is 0.251 e. The summed E-state index contributed by atoms with van der Waals surface area (Å²) in [5.41, 5.74) is 0.532. The zero-order valence-corrected chi connectivity index (χ0v) is 16.1. The first kappa shape index (κ1) is 19.5. The average Bonchev–Trinajstić information content (AvgIpc) is 3.51. The monoisotopic (exact) mass is 373 g/mol. The standard InChI is InChI=1S/C20H31N5O2/c1-2-21-20(24-16-9-13-25(14-10-16)17-5-6-17)23-12-11-22-19(27)15-3-7-18(26)8-4-15/h3-4,7-8,16-17,26H,2,5-6,9-14H2,1H3,(H,22,27)(H2,21,23,24). The van der Waals surface area contributed by atoms with E-state index >= 15 is 0 Å². The lowest BCUT2D eigenvalue weighted by Crippen LogP contribution is -2.49. The third-order valence-corrected chi connectivity index (χ3v) is 5.07. The molecule has 4 N–H and O–H groups in total. The number of rotatable bonds is 7. The fraction of sp³-hybridized carbons (Fsp3) is 0.600. The number of guanidine groups is 1. The number of hydrogen-bond donors (Lipinski definition) is 4. The highest BCUT2D eigenvalue weighted by Crippen LogP contribution is 2.29. The van der Waals surface area contributed by atoms with Crippen LogP contribution in [0.25, 0.3) is 0 Å². The van der Waals surface area contributed by atoms with E-state index in [0.29, 0.717) is 24.7 Å². The van der Waals surface area contributed by atoms with Crippen molar-refractivity contribution >= 4 is 11.9 Å². The minimum Gasteiger partial charge on any atom is -0.508 e. The van der Waals surface area contributed by atoms with E-state index in [1.165, 1.54) is 38.1 Å². The van der Waals surface area contributed by atoms with Crippen molar-refractivity contribution in [2.75, 3.05) is 32.7 Å². The Morgan fingerprint density at radius 3 is 2.48 bits per heavy atom. The first-order valence-corrected chi connectivity index (χ1v) is 10.0. The number of benzene rings is 1. The molecule has 1 heterocycles. The summed E-state index contributed by atoms with van der Waals surface area (Å²) >= 11 is 0. The molecular formula is C20H31N5O2.